The normalized spacial score (nSPS) is 12.0. The average molecular weight is 334 g/mol. The van der Waals surface area contributed by atoms with Gasteiger partial charge in [-0.1, -0.05) is 34.2 Å². The zero-order valence-corrected chi connectivity index (χ0v) is 13.3. The van der Waals surface area contributed by atoms with Crippen LogP contribution >= 0.6 is 22.9 Å². The average Bonchev–Trinajstić information content (AvgIpc) is 3.04. The first-order valence-electron chi connectivity index (χ1n) is 6.50. The summed E-state index contributed by atoms with van der Waals surface area (Å²) in [6, 6.07) is 7.13. The molecule has 0 aliphatic heterocycles. The predicted molar refractivity (Wildman–Crippen MR) is 86.2 cm³/mol. The lowest BCUT2D eigenvalue weighted by Crippen LogP contribution is -2.16. The molecule has 1 amide bonds. The van der Waals surface area contributed by atoms with Crippen LogP contribution in [0.15, 0.2) is 46.4 Å². The molecule has 0 N–H and O–H groups in total. The molecule has 0 fully saturated rings. The summed E-state index contributed by atoms with van der Waals surface area (Å²) < 4.78 is 7.77. The van der Waals surface area contributed by atoms with E-state index in [0.717, 1.165) is 10.2 Å². The van der Waals surface area contributed by atoms with Crippen LogP contribution in [0.1, 0.15) is 16.2 Å². The van der Waals surface area contributed by atoms with E-state index in [9.17, 15) is 4.79 Å². The van der Waals surface area contributed by atoms with Gasteiger partial charge < -0.3 is 9.09 Å². The SMILES string of the molecule is C=CCn1c(=NC(=O)c2cc(C)on2)sc2cc(Cl)ccc21. The molecule has 0 spiro atoms. The predicted octanol–water partition coefficient (Wildman–Crippen LogP) is 3.58. The molecule has 0 saturated heterocycles. The van der Waals surface area contributed by atoms with E-state index in [1.54, 1.807) is 19.1 Å². The summed E-state index contributed by atoms with van der Waals surface area (Å²) in [6.07, 6.45) is 1.75. The second kappa shape index (κ2) is 5.90. The highest BCUT2D eigenvalue weighted by Gasteiger charge is 2.12. The monoisotopic (exact) mass is 333 g/mol. The highest BCUT2D eigenvalue weighted by molar-refractivity contribution is 7.16. The first-order valence-corrected chi connectivity index (χ1v) is 7.70. The molecule has 0 bridgehead atoms. The van der Waals surface area contributed by atoms with Gasteiger partial charge in [0, 0.05) is 17.6 Å². The maximum Gasteiger partial charge on any atom is 0.301 e. The van der Waals surface area contributed by atoms with Gasteiger partial charge in [0.25, 0.3) is 0 Å². The topological polar surface area (TPSA) is 60.4 Å². The van der Waals surface area contributed by atoms with Crippen molar-refractivity contribution in [3.63, 3.8) is 0 Å². The minimum atomic E-state index is -0.438. The molecular weight excluding hydrogens is 322 g/mol. The molecule has 112 valence electrons. The number of allylic oxidation sites excluding steroid dienone is 1. The Labute approximate surface area is 135 Å². The van der Waals surface area contributed by atoms with Gasteiger partial charge in [0.1, 0.15) is 5.76 Å². The van der Waals surface area contributed by atoms with E-state index in [1.165, 1.54) is 11.3 Å². The van der Waals surface area contributed by atoms with Crippen LogP contribution in [0.5, 0.6) is 0 Å². The lowest BCUT2D eigenvalue weighted by molar-refractivity contribution is 0.0989. The van der Waals surface area contributed by atoms with Gasteiger partial charge in [0.05, 0.1) is 10.2 Å². The van der Waals surface area contributed by atoms with E-state index in [2.05, 4.69) is 16.7 Å². The van der Waals surface area contributed by atoms with Gasteiger partial charge >= 0.3 is 5.91 Å². The number of hydrogen-bond donors (Lipinski definition) is 0. The maximum atomic E-state index is 12.2. The molecule has 2 heterocycles. The number of aryl methyl sites for hydroxylation is 1. The molecule has 0 radical (unpaired) electrons. The number of aromatic nitrogens is 2. The van der Waals surface area contributed by atoms with E-state index in [4.69, 9.17) is 16.1 Å². The number of amides is 1. The molecule has 0 aliphatic carbocycles. The fourth-order valence-electron chi connectivity index (χ4n) is 2.05. The lowest BCUT2D eigenvalue weighted by atomic mass is 10.3. The van der Waals surface area contributed by atoms with E-state index in [1.807, 2.05) is 22.8 Å². The van der Waals surface area contributed by atoms with Crippen molar-refractivity contribution in [2.45, 2.75) is 13.5 Å². The zero-order valence-electron chi connectivity index (χ0n) is 11.7. The van der Waals surface area contributed by atoms with E-state index < -0.39 is 5.91 Å². The van der Waals surface area contributed by atoms with Crippen molar-refractivity contribution >= 4 is 39.1 Å². The van der Waals surface area contributed by atoms with Gasteiger partial charge in [0.2, 0.25) is 0 Å². The molecule has 2 aromatic heterocycles. The Morgan fingerprint density at radius 3 is 3.05 bits per heavy atom. The van der Waals surface area contributed by atoms with Crippen LogP contribution in [0.3, 0.4) is 0 Å². The van der Waals surface area contributed by atoms with E-state index >= 15 is 0 Å². The van der Waals surface area contributed by atoms with Gasteiger partial charge in [-0.05, 0) is 25.1 Å². The van der Waals surface area contributed by atoms with Crippen LogP contribution < -0.4 is 4.80 Å². The van der Waals surface area contributed by atoms with Crippen LogP contribution in [0.2, 0.25) is 5.02 Å². The Hall–Kier alpha value is -2.18. The number of carbonyl (C=O) groups excluding carboxylic acids is 1. The second-order valence-corrected chi connectivity index (χ2v) is 6.08. The van der Waals surface area contributed by atoms with Gasteiger partial charge in [-0.2, -0.15) is 4.99 Å². The molecule has 0 aliphatic rings. The lowest BCUT2D eigenvalue weighted by Gasteiger charge is -2.00. The van der Waals surface area contributed by atoms with Gasteiger partial charge in [-0.25, -0.2) is 0 Å². The number of thiazole rings is 1. The molecule has 3 aromatic rings. The zero-order chi connectivity index (χ0) is 15.7. The van der Waals surface area contributed by atoms with Crippen molar-refractivity contribution in [3.05, 3.63) is 58.2 Å². The van der Waals surface area contributed by atoms with Gasteiger partial charge in [-0.3, -0.25) is 4.79 Å². The van der Waals surface area contributed by atoms with Crippen LogP contribution in [0, 0.1) is 6.92 Å². The minimum absolute atomic E-state index is 0.193. The fourth-order valence-corrected chi connectivity index (χ4v) is 3.36. The molecule has 0 atom stereocenters. The number of carbonyl (C=O) groups is 1. The summed E-state index contributed by atoms with van der Waals surface area (Å²) in [6.45, 7) is 6.02. The summed E-state index contributed by atoms with van der Waals surface area (Å²) >= 11 is 7.41. The van der Waals surface area contributed by atoms with Crippen molar-refractivity contribution in [2.24, 2.45) is 4.99 Å². The third kappa shape index (κ3) is 2.75. The van der Waals surface area contributed by atoms with Crippen LogP contribution in [-0.4, -0.2) is 15.6 Å². The summed E-state index contributed by atoms with van der Waals surface area (Å²) in [5.41, 5.74) is 1.15. The van der Waals surface area contributed by atoms with Crippen molar-refractivity contribution in [3.8, 4) is 0 Å². The first-order chi connectivity index (χ1) is 10.6. The number of rotatable bonds is 3. The molecule has 0 unspecified atom stereocenters. The summed E-state index contributed by atoms with van der Waals surface area (Å²) in [5, 5.41) is 4.33. The standard InChI is InChI=1S/C15H12ClN3O2S/c1-3-6-19-12-5-4-10(16)8-13(12)22-15(19)17-14(20)11-7-9(2)21-18-11/h3-5,7-8H,1,6H2,2H3. The summed E-state index contributed by atoms with van der Waals surface area (Å²) in [7, 11) is 0. The number of nitrogens with zero attached hydrogens (tertiary/aromatic N) is 3. The van der Waals surface area contributed by atoms with Crippen molar-refractivity contribution < 1.29 is 9.32 Å². The third-order valence-electron chi connectivity index (χ3n) is 3.00. The Morgan fingerprint density at radius 1 is 1.55 bits per heavy atom. The van der Waals surface area contributed by atoms with Gasteiger partial charge in [-0.15, -0.1) is 6.58 Å². The molecule has 7 heteroatoms. The molecule has 22 heavy (non-hydrogen) atoms. The van der Waals surface area contributed by atoms with E-state index in [-0.39, 0.29) is 5.69 Å². The number of hydrogen-bond acceptors (Lipinski definition) is 4. The quantitative estimate of drug-likeness (QED) is 0.688. The Morgan fingerprint density at radius 2 is 2.36 bits per heavy atom. The smallest absolute Gasteiger partial charge is 0.301 e. The number of fused-ring (bicyclic) bond motifs is 1. The number of benzene rings is 1. The Bertz CT molecular complexity index is 936. The second-order valence-electron chi connectivity index (χ2n) is 4.64. The molecular formula is C15H12ClN3O2S. The number of halogens is 1. The van der Waals surface area contributed by atoms with E-state index in [0.29, 0.717) is 22.1 Å². The third-order valence-corrected chi connectivity index (χ3v) is 4.28. The highest BCUT2D eigenvalue weighted by atomic mass is 35.5. The maximum absolute atomic E-state index is 12.2. The highest BCUT2D eigenvalue weighted by Crippen LogP contribution is 2.22. The van der Waals surface area contributed by atoms with Crippen LogP contribution in [0.4, 0.5) is 0 Å². The molecule has 3 rings (SSSR count). The van der Waals surface area contributed by atoms with Crippen molar-refractivity contribution in [1.82, 2.24) is 9.72 Å². The van der Waals surface area contributed by atoms with Crippen molar-refractivity contribution in [1.29, 1.82) is 0 Å². The first kappa shape index (κ1) is 14.7. The van der Waals surface area contributed by atoms with Crippen LogP contribution in [-0.2, 0) is 6.54 Å². The van der Waals surface area contributed by atoms with Crippen LogP contribution in [0.25, 0.3) is 10.2 Å². The summed E-state index contributed by atoms with van der Waals surface area (Å²) in [4.78, 5) is 16.9. The molecule has 0 saturated carbocycles. The Balaban J connectivity index is 2.16. The molecule has 1 aromatic carbocycles. The largest absolute Gasteiger partial charge is 0.361 e. The summed E-state index contributed by atoms with van der Waals surface area (Å²) in [5.74, 6) is 0.132. The van der Waals surface area contributed by atoms with Gasteiger partial charge in [0.15, 0.2) is 10.5 Å². The minimum Gasteiger partial charge on any atom is -0.361 e. The molecule has 5 nitrogen and oxygen atoms in total. The Kier molecular flexibility index (Phi) is 3.96. The fraction of sp³-hybridized carbons (Fsp3) is 0.133. The van der Waals surface area contributed by atoms with Crippen molar-refractivity contribution in [2.75, 3.05) is 0 Å².